The molecule has 0 unspecified atom stereocenters. The van der Waals surface area contributed by atoms with Gasteiger partial charge in [0.1, 0.15) is 0 Å². The fourth-order valence-electron chi connectivity index (χ4n) is 1.28. The maximum absolute atomic E-state index is 10.4. The fourth-order valence-corrected chi connectivity index (χ4v) is 3.83. The topological polar surface area (TPSA) is 64.7 Å². The van der Waals surface area contributed by atoms with Gasteiger partial charge in [-0.05, 0) is 47.7 Å². The molecule has 0 aromatic heterocycles. The molecular formula is C11H25NO3Si. The molecule has 0 rings (SSSR count). The molecule has 4 nitrogen and oxygen atoms in total. The second-order valence-corrected chi connectivity index (χ2v) is 8.02. The third-order valence-corrected chi connectivity index (χ3v) is 4.06. The van der Waals surface area contributed by atoms with E-state index >= 15 is 0 Å². The maximum Gasteiger partial charge on any atom is 0.503 e. The standard InChI is InChI=1S/C11H25NO3Si/c1-10(2,3)14-16(13,9-7-8-12)15-11(4,5)6/h7-8,13H,9,12H2,1-6H3. The predicted octanol–water partition coefficient (Wildman–Crippen LogP) is 2.02. The van der Waals surface area contributed by atoms with Gasteiger partial charge < -0.3 is 19.4 Å². The minimum atomic E-state index is -3.21. The second-order valence-electron chi connectivity index (χ2n) is 5.77. The summed E-state index contributed by atoms with van der Waals surface area (Å²) < 4.78 is 11.3. The molecule has 0 radical (unpaired) electrons. The molecule has 0 heterocycles. The first kappa shape index (κ1) is 15.6. The van der Waals surface area contributed by atoms with Gasteiger partial charge in [0.05, 0.1) is 11.2 Å². The second kappa shape index (κ2) is 5.31. The Morgan fingerprint density at radius 2 is 1.44 bits per heavy atom. The fraction of sp³-hybridized carbons (Fsp3) is 0.818. The molecule has 0 amide bonds. The quantitative estimate of drug-likeness (QED) is 0.746. The van der Waals surface area contributed by atoms with Crippen molar-refractivity contribution in [2.75, 3.05) is 0 Å². The van der Waals surface area contributed by atoms with Crippen LogP contribution in [0.3, 0.4) is 0 Å². The minimum absolute atomic E-state index is 0.331. The summed E-state index contributed by atoms with van der Waals surface area (Å²) in [4.78, 5) is 10.4. The largest absolute Gasteiger partial charge is 0.503 e. The molecule has 0 saturated heterocycles. The van der Waals surface area contributed by atoms with Crippen molar-refractivity contribution in [1.82, 2.24) is 0 Å². The molecule has 16 heavy (non-hydrogen) atoms. The van der Waals surface area contributed by atoms with E-state index in [1.54, 1.807) is 6.08 Å². The van der Waals surface area contributed by atoms with Crippen molar-refractivity contribution >= 4 is 8.80 Å². The SMILES string of the molecule is CC(C)(C)O[Si](O)(CC=CN)OC(C)(C)C. The molecule has 0 aromatic carbocycles. The third kappa shape index (κ3) is 7.87. The molecule has 0 fully saturated rings. The van der Waals surface area contributed by atoms with Gasteiger partial charge in [-0.1, -0.05) is 6.08 Å². The van der Waals surface area contributed by atoms with Crippen molar-refractivity contribution in [3.8, 4) is 0 Å². The van der Waals surface area contributed by atoms with E-state index in [1.165, 1.54) is 6.20 Å². The van der Waals surface area contributed by atoms with E-state index in [0.29, 0.717) is 6.04 Å². The lowest BCUT2D eigenvalue weighted by Gasteiger charge is -2.36. The molecule has 0 saturated carbocycles. The minimum Gasteiger partial charge on any atom is -0.405 e. The Morgan fingerprint density at radius 1 is 1.06 bits per heavy atom. The Hall–Kier alpha value is -0.363. The molecule has 0 atom stereocenters. The molecule has 5 heteroatoms. The molecule has 0 bridgehead atoms. The van der Waals surface area contributed by atoms with E-state index in [4.69, 9.17) is 14.6 Å². The maximum atomic E-state index is 10.4. The van der Waals surface area contributed by atoms with E-state index < -0.39 is 20.0 Å². The number of hydrogen-bond donors (Lipinski definition) is 2. The van der Waals surface area contributed by atoms with Crippen LogP contribution in [0.2, 0.25) is 6.04 Å². The molecule has 0 spiro atoms. The summed E-state index contributed by atoms with van der Waals surface area (Å²) in [6.45, 7) is 11.4. The van der Waals surface area contributed by atoms with E-state index in [-0.39, 0.29) is 0 Å². The lowest BCUT2D eigenvalue weighted by Crippen LogP contribution is -2.51. The van der Waals surface area contributed by atoms with Crippen LogP contribution in [0.25, 0.3) is 0 Å². The summed E-state index contributed by atoms with van der Waals surface area (Å²) in [5.74, 6) is 0. The first-order valence-corrected chi connectivity index (χ1v) is 7.44. The zero-order valence-electron chi connectivity index (χ0n) is 11.2. The monoisotopic (exact) mass is 247 g/mol. The van der Waals surface area contributed by atoms with Crippen LogP contribution in [0.1, 0.15) is 41.5 Å². The van der Waals surface area contributed by atoms with Crippen LogP contribution < -0.4 is 5.73 Å². The van der Waals surface area contributed by atoms with Crippen LogP contribution >= 0.6 is 0 Å². The molecule has 0 aliphatic rings. The van der Waals surface area contributed by atoms with E-state index in [9.17, 15) is 4.80 Å². The predicted molar refractivity (Wildman–Crippen MR) is 67.8 cm³/mol. The van der Waals surface area contributed by atoms with Gasteiger partial charge in [0.15, 0.2) is 0 Å². The van der Waals surface area contributed by atoms with Crippen LogP contribution in [-0.4, -0.2) is 24.8 Å². The van der Waals surface area contributed by atoms with Crippen LogP contribution in [-0.2, 0) is 8.85 Å². The molecule has 3 N–H and O–H groups in total. The smallest absolute Gasteiger partial charge is 0.405 e. The molecule has 0 aliphatic heterocycles. The third-order valence-electron chi connectivity index (χ3n) is 1.44. The van der Waals surface area contributed by atoms with Gasteiger partial charge in [-0.25, -0.2) is 0 Å². The van der Waals surface area contributed by atoms with Crippen molar-refractivity contribution < 1.29 is 13.6 Å². The first-order chi connectivity index (χ1) is 6.97. The first-order valence-electron chi connectivity index (χ1n) is 5.47. The molecule has 96 valence electrons. The highest BCUT2D eigenvalue weighted by Gasteiger charge is 2.43. The summed E-state index contributed by atoms with van der Waals surface area (Å²) >= 11 is 0. The van der Waals surface area contributed by atoms with Gasteiger partial charge in [-0.15, -0.1) is 0 Å². The van der Waals surface area contributed by atoms with E-state index in [0.717, 1.165) is 0 Å². The van der Waals surface area contributed by atoms with Crippen LogP contribution in [0.5, 0.6) is 0 Å². The van der Waals surface area contributed by atoms with Crippen LogP contribution in [0.15, 0.2) is 12.3 Å². The summed E-state index contributed by atoms with van der Waals surface area (Å²) in [5, 5.41) is 0. The average Bonchev–Trinajstić information content (AvgIpc) is 1.93. The van der Waals surface area contributed by atoms with Gasteiger partial charge in [0.2, 0.25) is 0 Å². The van der Waals surface area contributed by atoms with Gasteiger partial charge in [0, 0.05) is 6.04 Å². The summed E-state index contributed by atoms with van der Waals surface area (Å²) in [5.41, 5.74) is 4.41. The van der Waals surface area contributed by atoms with Crippen molar-refractivity contribution in [2.45, 2.75) is 58.8 Å². The van der Waals surface area contributed by atoms with Crippen LogP contribution in [0.4, 0.5) is 0 Å². The van der Waals surface area contributed by atoms with Crippen LogP contribution in [0, 0.1) is 0 Å². The Balaban J connectivity index is 4.74. The van der Waals surface area contributed by atoms with Crippen molar-refractivity contribution in [3.63, 3.8) is 0 Å². The highest BCUT2D eigenvalue weighted by atomic mass is 28.4. The Morgan fingerprint density at radius 3 is 1.69 bits per heavy atom. The lowest BCUT2D eigenvalue weighted by atomic mass is 10.2. The normalized spacial score (nSPS) is 14.7. The zero-order valence-corrected chi connectivity index (χ0v) is 12.2. The Labute approximate surface area is 99.8 Å². The molecule has 0 aliphatic carbocycles. The van der Waals surface area contributed by atoms with Gasteiger partial charge in [-0.3, -0.25) is 0 Å². The van der Waals surface area contributed by atoms with Crippen molar-refractivity contribution in [1.29, 1.82) is 0 Å². The number of rotatable bonds is 4. The van der Waals surface area contributed by atoms with E-state index in [2.05, 4.69) is 0 Å². The summed E-state index contributed by atoms with van der Waals surface area (Å²) in [7, 11) is -3.21. The Bertz CT molecular complexity index is 225. The van der Waals surface area contributed by atoms with Gasteiger partial charge in [-0.2, -0.15) is 0 Å². The Kier molecular flexibility index (Phi) is 5.19. The van der Waals surface area contributed by atoms with Gasteiger partial charge in [0.25, 0.3) is 0 Å². The highest BCUT2D eigenvalue weighted by Crippen LogP contribution is 2.24. The number of nitrogens with two attached hydrogens (primary N) is 1. The molecular weight excluding hydrogens is 222 g/mol. The van der Waals surface area contributed by atoms with Crippen molar-refractivity contribution in [3.05, 3.63) is 12.3 Å². The lowest BCUT2D eigenvalue weighted by molar-refractivity contribution is -0.0250. The zero-order chi connectivity index (χ0) is 13.0. The molecule has 0 aromatic rings. The number of hydrogen-bond acceptors (Lipinski definition) is 4. The van der Waals surface area contributed by atoms with Gasteiger partial charge >= 0.3 is 8.80 Å². The van der Waals surface area contributed by atoms with Crippen molar-refractivity contribution in [2.24, 2.45) is 5.73 Å². The summed E-state index contributed by atoms with van der Waals surface area (Å²) in [6, 6.07) is 0.331. The highest BCUT2D eigenvalue weighted by molar-refractivity contribution is 6.60. The average molecular weight is 247 g/mol. The summed E-state index contributed by atoms with van der Waals surface area (Å²) in [6.07, 6.45) is 3.07. The number of allylic oxidation sites excluding steroid dienone is 1. The van der Waals surface area contributed by atoms with E-state index in [1.807, 2.05) is 41.5 Å².